The van der Waals surface area contributed by atoms with Gasteiger partial charge in [-0.3, -0.25) is 9.78 Å². The number of nitrogens with one attached hydrogen (secondary N) is 1. The van der Waals surface area contributed by atoms with E-state index in [2.05, 4.69) is 9.97 Å². The minimum Gasteiger partial charge on any atom is -0.361 e. The zero-order valence-corrected chi connectivity index (χ0v) is 7.20. The number of nitrogens with zero attached hydrogens (tertiary/aromatic N) is 1. The van der Waals surface area contributed by atoms with E-state index in [0.29, 0.717) is 11.3 Å². The maximum absolute atomic E-state index is 13.2. The van der Waals surface area contributed by atoms with Crippen LogP contribution in [0.15, 0.2) is 41.6 Å². The van der Waals surface area contributed by atoms with E-state index in [4.69, 9.17) is 0 Å². The molecule has 0 aliphatic carbocycles. The van der Waals surface area contributed by atoms with Gasteiger partial charge in [-0.1, -0.05) is 0 Å². The molecule has 3 nitrogen and oxygen atoms in total. The average Bonchev–Trinajstić information content (AvgIpc) is 2.18. The van der Waals surface area contributed by atoms with Gasteiger partial charge < -0.3 is 4.98 Å². The highest BCUT2D eigenvalue weighted by molar-refractivity contribution is 5.58. The lowest BCUT2D eigenvalue weighted by molar-refractivity contribution is 0.624. The van der Waals surface area contributed by atoms with Crippen LogP contribution in [0.4, 0.5) is 4.39 Å². The maximum atomic E-state index is 13.2. The first-order valence-electron chi connectivity index (χ1n) is 4.06. The molecule has 2 rings (SSSR count). The molecule has 4 heteroatoms. The molecule has 0 spiro atoms. The summed E-state index contributed by atoms with van der Waals surface area (Å²) in [6, 6.07) is 4.24. The van der Waals surface area contributed by atoms with Crippen LogP contribution in [-0.4, -0.2) is 9.97 Å². The first-order valence-corrected chi connectivity index (χ1v) is 4.06. The summed E-state index contributed by atoms with van der Waals surface area (Å²) in [5, 5.41) is 0. The summed E-state index contributed by atoms with van der Waals surface area (Å²) in [6.45, 7) is 0. The van der Waals surface area contributed by atoms with Gasteiger partial charge in [0.2, 0.25) is 0 Å². The van der Waals surface area contributed by atoms with Crippen LogP contribution in [-0.2, 0) is 0 Å². The minimum absolute atomic E-state index is 0.157. The van der Waals surface area contributed by atoms with Crippen molar-refractivity contribution < 1.29 is 4.39 Å². The summed E-state index contributed by atoms with van der Waals surface area (Å²) in [5.41, 5.74) is 0.644. The van der Waals surface area contributed by atoms with Crippen molar-refractivity contribution in [3.63, 3.8) is 0 Å². The summed E-state index contributed by atoms with van der Waals surface area (Å²) in [6.07, 6.45) is 4.07. The Kier molecular flexibility index (Phi) is 2.10. The molecule has 0 fully saturated rings. The van der Waals surface area contributed by atoms with E-state index < -0.39 is 5.82 Å². The molecule has 0 unspecified atom stereocenters. The Balaban J connectivity index is 2.61. The zero-order chi connectivity index (χ0) is 9.97. The fourth-order valence-corrected chi connectivity index (χ4v) is 1.19. The Morgan fingerprint density at radius 2 is 2.21 bits per heavy atom. The molecule has 0 aliphatic rings. The second kappa shape index (κ2) is 3.41. The lowest BCUT2D eigenvalue weighted by Crippen LogP contribution is -1.99. The number of hydrogen-bond acceptors (Lipinski definition) is 2. The van der Waals surface area contributed by atoms with Crippen LogP contribution in [0.25, 0.3) is 11.3 Å². The van der Waals surface area contributed by atoms with Crippen LogP contribution in [0.3, 0.4) is 0 Å². The van der Waals surface area contributed by atoms with Gasteiger partial charge in [-0.2, -0.15) is 0 Å². The van der Waals surface area contributed by atoms with Gasteiger partial charge in [-0.05, 0) is 6.07 Å². The van der Waals surface area contributed by atoms with Gasteiger partial charge in [0.1, 0.15) is 0 Å². The van der Waals surface area contributed by atoms with Crippen molar-refractivity contribution in [1.29, 1.82) is 0 Å². The van der Waals surface area contributed by atoms with E-state index in [0.717, 1.165) is 6.20 Å². The molecule has 2 heterocycles. The van der Waals surface area contributed by atoms with E-state index in [1.54, 1.807) is 0 Å². The number of halogens is 1. The van der Waals surface area contributed by atoms with Crippen molar-refractivity contribution >= 4 is 0 Å². The molecule has 0 bridgehead atoms. The van der Waals surface area contributed by atoms with Crippen molar-refractivity contribution in [3.8, 4) is 11.3 Å². The summed E-state index contributed by atoms with van der Waals surface area (Å²) >= 11 is 0. The Bertz CT molecular complexity index is 507. The van der Waals surface area contributed by atoms with Gasteiger partial charge in [0.25, 0.3) is 0 Å². The highest BCUT2D eigenvalue weighted by Crippen LogP contribution is 2.17. The third kappa shape index (κ3) is 1.54. The van der Waals surface area contributed by atoms with E-state index in [1.807, 2.05) is 0 Å². The van der Waals surface area contributed by atoms with Crippen molar-refractivity contribution in [2.75, 3.05) is 0 Å². The Labute approximate surface area is 79.3 Å². The normalized spacial score (nSPS) is 10.1. The molecular formula is C10H7FN2O. The molecule has 2 aromatic heterocycles. The van der Waals surface area contributed by atoms with E-state index in [1.165, 1.54) is 30.6 Å². The lowest BCUT2D eigenvalue weighted by Gasteiger charge is -2.00. The number of aromatic nitrogens is 2. The van der Waals surface area contributed by atoms with Crippen LogP contribution in [0, 0.1) is 5.82 Å². The largest absolute Gasteiger partial charge is 0.361 e. The third-order valence-corrected chi connectivity index (χ3v) is 1.84. The number of aromatic amines is 1. The van der Waals surface area contributed by atoms with E-state index in [9.17, 15) is 9.18 Å². The molecule has 2 aromatic rings. The summed E-state index contributed by atoms with van der Waals surface area (Å²) in [5.74, 6) is -0.450. The quantitative estimate of drug-likeness (QED) is 0.741. The van der Waals surface area contributed by atoms with Crippen LogP contribution in [0.2, 0.25) is 0 Å². The van der Waals surface area contributed by atoms with Crippen LogP contribution in [0.5, 0.6) is 0 Å². The van der Waals surface area contributed by atoms with Gasteiger partial charge in [-0.25, -0.2) is 4.39 Å². The second-order valence-electron chi connectivity index (χ2n) is 2.79. The van der Waals surface area contributed by atoms with E-state index >= 15 is 0 Å². The molecule has 1 N–H and O–H groups in total. The van der Waals surface area contributed by atoms with Crippen molar-refractivity contribution in [2.45, 2.75) is 0 Å². The maximum Gasteiger partial charge on any atom is 0.182 e. The monoisotopic (exact) mass is 190 g/mol. The van der Waals surface area contributed by atoms with Gasteiger partial charge in [-0.15, -0.1) is 0 Å². The van der Waals surface area contributed by atoms with Crippen LogP contribution < -0.4 is 5.43 Å². The molecule has 0 amide bonds. The number of rotatable bonds is 1. The number of pyridine rings is 2. The molecule has 70 valence electrons. The van der Waals surface area contributed by atoms with Crippen molar-refractivity contribution in [3.05, 3.63) is 52.8 Å². The topological polar surface area (TPSA) is 45.8 Å². The molecule has 0 radical (unpaired) electrons. The van der Waals surface area contributed by atoms with E-state index in [-0.39, 0.29) is 5.43 Å². The zero-order valence-electron chi connectivity index (χ0n) is 7.20. The first-order chi connectivity index (χ1) is 6.77. The minimum atomic E-state index is -0.450. The third-order valence-electron chi connectivity index (χ3n) is 1.84. The van der Waals surface area contributed by atoms with Gasteiger partial charge in [0, 0.05) is 30.1 Å². The predicted octanol–water partition coefficient (Wildman–Crippen LogP) is 1.58. The number of H-pyrrole nitrogens is 1. The highest BCUT2D eigenvalue weighted by Gasteiger charge is 2.04. The Morgan fingerprint density at radius 1 is 1.36 bits per heavy atom. The molecule has 0 aromatic carbocycles. The Hall–Kier alpha value is -1.97. The standard InChI is InChI=1S/C10H7FN2O/c11-9-6-12-3-2-8(9)10-5-7(14)1-4-13-10/h1-6H,(H,13,14). The van der Waals surface area contributed by atoms with Gasteiger partial charge >= 0.3 is 0 Å². The smallest absolute Gasteiger partial charge is 0.182 e. The van der Waals surface area contributed by atoms with Crippen LogP contribution >= 0.6 is 0 Å². The Morgan fingerprint density at radius 3 is 2.93 bits per heavy atom. The first kappa shape index (κ1) is 8.62. The molecule has 14 heavy (non-hydrogen) atoms. The van der Waals surface area contributed by atoms with Crippen molar-refractivity contribution in [1.82, 2.24) is 9.97 Å². The van der Waals surface area contributed by atoms with Gasteiger partial charge in [0.15, 0.2) is 11.2 Å². The predicted molar refractivity (Wildman–Crippen MR) is 50.3 cm³/mol. The SMILES string of the molecule is O=c1cc[nH]c(-c2ccncc2F)c1. The summed E-state index contributed by atoms with van der Waals surface area (Å²) < 4.78 is 13.2. The lowest BCUT2D eigenvalue weighted by atomic mass is 10.2. The fourth-order valence-electron chi connectivity index (χ4n) is 1.19. The number of hydrogen-bond donors (Lipinski definition) is 1. The average molecular weight is 190 g/mol. The molecule has 0 saturated heterocycles. The van der Waals surface area contributed by atoms with Gasteiger partial charge in [0.05, 0.1) is 11.9 Å². The molecule has 0 atom stereocenters. The molecule has 0 saturated carbocycles. The molecular weight excluding hydrogens is 183 g/mol. The second-order valence-corrected chi connectivity index (χ2v) is 2.79. The molecule has 0 aliphatic heterocycles. The van der Waals surface area contributed by atoms with Crippen LogP contribution in [0.1, 0.15) is 0 Å². The summed E-state index contributed by atoms with van der Waals surface area (Å²) in [7, 11) is 0. The fraction of sp³-hybridized carbons (Fsp3) is 0. The summed E-state index contributed by atoms with van der Waals surface area (Å²) in [4.78, 5) is 17.4. The highest BCUT2D eigenvalue weighted by atomic mass is 19.1. The van der Waals surface area contributed by atoms with Crippen molar-refractivity contribution in [2.24, 2.45) is 0 Å².